The molecule has 0 spiro atoms. The molecule has 0 saturated heterocycles. The number of benzene rings is 2. The topological polar surface area (TPSA) is 84.5 Å². The van der Waals surface area contributed by atoms with Crippen LogP contribution in [-0.2, 0) is 9.53 Å². The Morgan fingerprint density at radius 1 is 1.04 bits per heavy atom. The lowest BCUT2D eigenvalue weighted by Gasteiger charge is -2.14. The number of carbonyl (C=O) groups excluding carboxylic acids is 3. The van der Waals surface area contributed by atoms with Crippen molar-refractivity contribution in [3.63, 3.8) is 0 Å². The van der Waals surface area contributed by atoms with Gasteiger partial charge in [-0.1, -0.05) is 41.4 Å². The average molecular weight is 399 g/mol. The van der Waals surface area contributed by atoms with E-state index in [1.54, 1.807) is 30.3 Å². The molecule has 0 unspecified atom stereocenters. The van der Waals surface area contributed by atoms with Gasteiger partial charge in [-0.05, 0) is 31.2 Å². The van der Waals surface area contributed by atoms with E-state index in [2.05, 4.69) is 10.9 Å². The van der Waals surface area contributed by atoms with Gasteiger partial charge in [-0.15, -0.1) is 0 Å². The molecule has 2 N–H and O–H groups in total. The highest BCUT2D eigenvalue weighted by molar-refractivity contribution is 6.36. The van der Waals surface area contributed by atoms with Crippen LogP contribution in [0, 0.1) is 5.82 Å². The number of nitrogens with one attached hydrogen (secondary N) is 2. The van der Waals surface area contributed by atoms with E-state index in [1.807, 2.05) is 0 Å². The van der Waals surface area contributed by atoms with Crippen LogP contribution >= 0.6 is 23.2 Å². The monoisotopic (exact) mass is 398 g/mol. The third-order valence-corrected chi connectivity index (χ3v) is 3.82. The third-order valence-electron chi connectivity index (χ3n) is 3.22. The first-order valence-corrected chi connectivity index (χ1v) is 8.06. The Bertz CT molecular complexity index is 846. The molecule has 6 nitrogen and oxygen atoms in total. The molecule has 0 aliphatic rings. The molecule has 0 aromatic heterocycles. The molecule has 136 valence electrons. The number of hydrazine groups is 1. The lowest BCUT2D eigenvalue weighted by molar-refractivity contribution is -0.129. The second-order valence-electron chi connectivity index (χ2n) is 5.10. The van der Waals surface area contributed by atoms with Crippen molar-refractivity contribution in [1.82, 2.24) is 10.9 Å². The van der Waals surface area contributed by atoms with Gasteiger partial charge in [0.1, 0.15) is 5.82 Å². The Balaban J connectivity index is 1.93. The van der Waals surface area contributed by atoms with Gasteiger partial charge in [-0.25, -0.2) is 9.18 Å². The van der Waals surface area contributed by atoms with Gasteiger partial charge in [-0.3, -0.25) is 20.4 Å². The number of ether oxygens (including phenoxy) is 1. The summed E-state index contributed by atoms with van der Waals surface area (Å²) in [6.45, 7) is 1.28. The molecule has 0 radical (unpaired) electrons. The van der Waals surface area contributed by atoms with E-state index >= 15 is 0 Å². The number of esters is 1. The largest absolute Gasteiger partial charge is 0.449 e. The van der Waals surface area contributed by atoms with E-state index in [9.17, 15) is 18.8 Å². The van der Waals surface area contributed by atoms with E-state index in [4.69, 9.17) is 27.9 Å². The zero-order valence-corrected chi connectivity index (χ0v) is 14.9. The van der Waals surface area contributed by atoms with Gasteiger partial charge in [0.25, 0.3) is 11.8 Å². The number of rotatable bonds is 4. The molecule has 0 aliphatic heterocycles. The maximum atomic E-state index is 13.5. The SMILES string of the molecule is C[C@@H](OC(=O)c1cc(F)c(Cl)cc1Cl)C(=O)NNC(=O)c1ccccc1. The minimum atomic E-state index is -1.27. The van der Waals surface area contributed by atoms with Crippen LogP contribution in [0.3, 0.4) is 0 Å². The maximum absolute atomic E-state index is 13.5. The van der Waals surface area contributed by atoms with Gasteiger partial charge in [-0.2, -0.15) is 0 Å². The van der Waals surface area contributed by atoms with E-state index in [1.165, 1.54) is 6.92 Å². The normalized spacial score (nSPS) is 11.4. The Labute approximate surface area is 158 Å². The van der Waals surface area contributed by atoms with Crippen molar-refractivity contribution < 1.29 is 23.5 Å². The fourth-order valence-corrected chi connectivity index (χ4v) is 2.30. The second-order valence-corrected chi connectivity index (χ2v) is 5.92. The fourth-order valence-electron chi connectivity index (χ4n) is 1.84. The van der Waals surface area contributed by atoms with Crippen LogP contribution in [0.15, 0.2) is 42.5 Å². The molecular weight excluding hydrogens is 386 g/mol. The van der Waals surface area contributed by atoms with Gasteiger partial charge in [0.2, 0.25) is 0 Å². The quantitative estimate of drug-likeness (QED) is 0.470. The molecule has 0 saturated carbocycles. The third kappa shape index (κ3) is 4.93. The highest BCUT2D eigenvalue weighted by Crippen LogP contribution is 2.25. The van der Waals surface area contributed by atoms with Crippen molar-refractivity contribution in [2.75, 3.05) is 0 Å². The number of carbonyl (C=O) groups is 3. The first kappa shape index (κ1) is 19.7. The number of halogens is 3. The molecule has 0 aliphatic carbocycles. The van der Waals surface area contributed by atoms with Crippen molar-refractivity contribution >= 4 is 41.0 Å². The van der Waals surface area contributed by atoms with Gasteiger partial charge in [0.05, 0.1) is 15.6 Å². The summed E-state index contributed by atoms with van der Waals surface area (Å²) in [5, 5.41) is -0.368. The van der Waals surface area contributed by atoms with E-state index in [-0.39, 0.29) is 15.6 Å². The van der Waals surface area contributed by atoms with Gasteiger partial charge >= 0.3 is 5.97 Å². The first-order valence-electron chi connectivity index (χ1n) is 7.30. The molecule has 0 bridgehead atoms. The summed E-state index contributed by atoms with van der Waals surface area (Å²) in [6, 6.07) is 10.0. The molecule has 26 heavy (non-hydrogen) atoms. The minimum absolute atomic E-state index is 0.119. The number of hydrogen-bond donors (Lipinski definition) is 2. The van der Waals surface area contributed by atoms with Crippen molar-refractivity contribution in [2.45, 2.75) is 13.0 Å². The van der Waals surface area contributed by atoms with Gasteiger partial charge in [0, 0.05) is 5.56 Å². The summed E-state index contributed by atoms with van der Waals surface area (Å²) >= 11 is 11.4. The summed E-state index contributed by atoms with van der Waals surface area (Å²) in [7, 11) is 0. The van der Waals surface area contributed by atoms with Gasteiger partial charge in [0.15, 0.2) is 6.10 Å². The minimum Gasteiger partial charge on any atom is -0.449 e. The standard InChI is InChI=1S/C17H13Cl2FN2O4/c1-9(15(23)21-22-16(24)10-5-3-2-4-6-10)26-17(25)11-7-14(20)13(19)8-12(11)18/h2-9H,1H3,(H,21,23)(H,22,24)/t9-/m1/s1. The van der Waals surface area contributed by atoms with Crippen LogP contribution in [-0.4, -0.2) is 23.9 Å². The maximum Gasteiger partial charge on any atom is 0.340 e. The molecule has 0 heterocycles. The Morgan fingerprint density at radius 2 is 1.69 bits per heavy atom. The van der Waals surface area contributed by atoms with E-state index in [0.717, 1.165) is 12.1 Å². The Morgan fingerprint density at radius 3 is 2.35 bits per heavy atom. The molecule has 2 amide bonds. The zero-order valence-electron chi connectivity index (χ0n) is 13.4. The summed E-state index contributed by atoms with van der Waals surface area (Å²) in [6.07, 6.45) is -1.27. The molecule has 2 aromatic carbocycles. The lowest BCUT2D eigenvalue weighted by Crippen LogP contribution is -2.46. The van der Waals surface area contributed by atoms with Crippen molar-refractivity contribution in [3.05, 3.63) is 69.5 Å². The lowest BCUT2D eigenvalue weighted by atomic mass is 10.2. The molecule has 2 rings (SSSR count). The first-order chi connectivity index (χ1) is 12.3. The Hall–Kier alpha value is -2.64. The highest BCUT2D eigenvalue weighted by atomic mass is 35.5. The van der Waals surface area contributed by atoms with Crippen LogP contribution in [0.25, 0.3) is 0 Å². The average Bonchev–Trinajstić information content (AvgIpc) is 2.62. The predicted molar refractivity (Wildman–Crippen MR) is 93.3 cm³/mol. The summed E-state index contributed by atoms with van der Waals surface area (Å²) in [5.41, 5.74) is 4.37. The summed E-state index contributed by atoms with van der Waals surface area (Å²) in [4.78, 5) is 35.8. The summed E-state index contributed by atoms with van der Waals surface area (Å²) in [5.74, 6) is -3.19. The van der Waals surface area contributed by atoms with Crippen molar-refractivity contribution in [3.8, 4) is 0 Å². The molecule has 9 heteroatoms. The number of hydrogen-bond acceptors (Lipinski definition) is 4. The number of amides is 2. The zero-order chi connectivity index (χ0) is 19.3. The second kappa shape index (κ2) is 8.64. The molecule has 2 aromatic rings. The fraction of sp³-hybridized carbons (Fsp3) is 0.118. The molecular formula is C17H13Cl2FN2O4. The van der Waals surface area contributed by atoms with Crippen molar-refractivity contribution in [2.24, 2.45) is 0 Å². The van der Waals surface area contributed by atoms with E-state index in [0.29, 0.717) is 5.56 Å². The van der Waals surface area contributed by atoms with Gasteiger partial charge < -0.3 is 4.74 Å². The molecule has 0 fully saturated rings. The summed E-state index contributed by atoms with van der Waals surface area (Å²) < 4.78 is 18.4. The van der Waals surface area contributed by atoms with Crippen LogP contribution in [0.5, 0.6) is 0 Å². The highest BCUT2D eigenvalue weighted by Gasteiger charge is 2.22. The van der Waals surface area contributed by atoms with Crippen LogP contribution in [0.2, 0.25) is 10.0 Å². The van der Waals surface area contributed by atoms with Crippen LogP contribution in [0.4, 0.5) is 4.39 Å². The smallest absolute Gasteiger partial charge is 0.340 e. The van der Waals surface area contributed by atoms with E-state index < -0.39 is 29.7 Å². The Kier molecular flexibility index (Phi) is 6.54. The van der Waals surface area contributed by atoms with Crippen LogP contribution < -0.4 is 10.9 Å². The van der Waals surface area contributed by atoms with Crippen molar-refractivity contribution in [1.29, 1.82) is 0 Å². The molecule has 1 atom stereocenters. The van der Waals surface area contributed by atoms with Crippen LogP contribution in [0.1, 0.15) is 27.6 Å². The predicted octanol–water partition coefficient (Wildman–Crippen LogP) is 3.14.